The number of methoxy groups -OCH3 is 1. The molecule has 4 aromatic rings. The molecule has 4 heterocycles. The van der Waals surface area contributed by atoms with Crippen molar-refractivity contribution in [2.45, 2.75) is 64.1 Å². The van der Waals surface area contributed by atoms with Gasteiger partial charge >= 0.3 is 6.09 Å². The van der Waals surface area contributed by atoms with Crippen LogP contribution >= 0.6 is 0 Å². The van der Waals surface area contributed by atoms with Crippen molar-refractivity contribution < 1.29 is 14.3 Å². The van der Waals surface area contributed by atoms with Gasteiger partial charge in [-0.2, -0.15) is 0 Å². The van der Waals surface area contributed by atoms with Gasteiger partial charge in [-0.1, -0.05) is 44.2 Å². The Balaban J connectivity index is 1.09. The van der Waals surface area contributed by atoms with E-state index in [2.05, 4.69) is 64.1 Å². The van der Waals surface area contributed by atoms with Crippen LogP contribution in [0.5, 0.6) is 0 Å². The molecule has 0 radical (unpaired) electrons. The van der Waals surface area contributed by atoms with E-state index in [4.69, 9.17) is 14.7 Å². The minimum absolute atomic E-state index is 0.0783. The maximum absolute atomic E-state index is 13.6. The number of likely N-dealkylation sites (tertiary alicyclic amines) is 1. The number of nitrogens with one attached hydrogen (secondary N) is 3. The molecule has 3 aliphatic heterocycles. The Labute approximate surface area is 263 Å². The normalized spacial score (nSPS) is 20.6. The Kier molecular flexibility index (Phi) is 7.87. The molecule has 3 N–H and O–H groups in total. The monoisotopic (exact) mass is 604 g/mol. The SMILES string of the molecule is COC(=O)N[C@H](C(=O)N1CCC[C@H]1c1nc2ccc(-c3ccc4cc(C5=CN=C([C@@H]6CCCN6)C5)ccc4c3)cc2[nH]1)C(C)C. The van der Waals surface area contributed by atoms with Crippen LogP contribution in [0.25, 0.3) is 38.5 Å². The third-order valence-electron chi connectivity index (χ3n) is 9.51. The molecule has 0 aliphatic carbocycles. The molecular formula is C36H40N6O3. The average molecular weight is 605 g/mol. The van der Waals surface area contributed by atoms with Gasteiger partial charge < -0.3 is 25.3 Å². The van der Waals surface area contributed by atoms with E-state index in [1.165, 1.54) is 47.6 Å². The molecule has 2 fully saturated rings. The summed E-state index contributed by atoms with van der Waals surface area (Å²) in [4.78, 5) is 40.5. The van der Waals surface area contributed by atoms with Crippen LogP contribution < -0.4 is 10.6 Å². The molecule has 7 rings (SSSR count). The van der Waals surface area contributed by atoms with Crippen LogP contribution in [-0.2, 0) is 9.53 Å². The summed E-state index contributed by atoms with van der Waals surface area (Å²) < 4.78 is 4.76. The van der Waals surface area contributed by atoms with Gasteiger partial charge in [-0.05, 0) is 95.4 Å². The summed E-state index contributed by atoms with van der Waals surface area (Å²) in [7, 11) is 1.31. The zero-order valence-corrected chi connectivity index (χ0v) is 26.1. The van der Waals surface area contributed by atoms with Crippen LogP contribution in [0, 0.1) is 5.92 Å². The predicted molar refractivity (Wildman–Crippen MR) is 178 cm³/mol. The highest BCUT2D eigenvalue weighted by atomic mass is 16.5. The molecule has 2 amide bonds. The number of imidazole rings is 1. The Morgan fingerprint density at radius 2 is 1.73 bits per heavy atom. The number of amides is 2. The lowest BCUT2D eigenvalue weighted by molar-refractivity contribution is -0.135. The lowest BCUT2D eigenvalue weighted by Crippen LogP contribution is -2.51. The first-order chi connectivity index (χ1) is 21.9. The van der Waals surface area contributed by atoms with E-state index in [-0.39, 0.29) is 17.9 Å². The summed E-state index contributed by atoms with van der Waals surface area (Å²) in [6, 6.07) is 19.2. The van der Waals surface area contributed by atoms with Gasteiger partial charge in [0.15, 0.2) is 0 Å². The molecule has 232 valence electrons. The van der Waals surface area contributed by atoms with Crippen LogP contribution in [-0.4, -0.2) is 64.9 Å². The first-order valence-corrected chi connectivity index (χ1v) is 16.1. The molecular weight excluding hydrogens is 564 g/mol. The lowest BCUT2D eigenvalue weighted by atomic mass is 9.95. The van der Waals surface area contributed by atoms with Gasteiger partial charge in [-0.3, -0.25) is 9.79 Å². The van der Waals surface area contributed by atoms with Crippen LogP contribution in [0.15, 0.2) is 65.8 Å². The van der Waals surface area contributed by atoms with Gasteiger partial charge in [0.05, 0.1) is 24.2 Å². The highest BCUT2D eigenvalue weighted by Gasteiger charge is 2.37. The van der Waals surface area contributed by atoms with E-state index >= 15 is 0 Å². The van der Waals surface area contributed by atoms with Gasteiger partial charge in [0.25, 0.3) is 0 Å². The van der Waals surface area contributed by atoms with Crippen LogP contribution in [0.1, 0.15) is 63.4 Å². The number of carbonyl (C=O) groups is 2. The van der Waals surface area contributed by atoms with Gasteiger partial charge in [-0.15, -0.1) is 0 Å². The molecule has 9 nitrogen and oxygen atoms in total. The van der Waals surface area contributed by atoms with Crippen molar-refractivity contribution in [3.63, 3.8) is 0 Å². The second-order valence-electron chi connectivity index (χ2n) is 12.8. The molecule has 3 atom stereocenters. The number of allylic oxidation sites excluding steroid dienone is 1. The Hall–Kier alpha value is -4.50. The third-order valence-corrected chi connectivity index (χ3v) is 9.51. The second-order valence-corrected chi connectivity index (χ2v) is 12.8. The number of aromatic nitrogens is 2. The summed E-state index contributed by atoms with van der Waals surface area (Å²) in [6.45, 7) is 5.55. The number of aromatic amines is 1. The zero-order valence-electron chi connectivity index (χ0n) is 26.1. The van der Waals surface area contributed by atoms with Crippen LogP contribution in [0.4, 0.5) is 4.79 Å². The van der Waals surface area contributed by atoms with E-state index in [0.717, 1.165) is 53.8 Å². The number of aliphatic imine (C=N–C) groups is 1. The summed E-state index contributed by atoms with van der Waals surface area (Å²) in [5.41, 5.74) is 7.82. The summed E-state index contributed by atoms with van der Waals surface area (Å²) >= 11 is 0. The Morgan fingerprint density at radius 3 is 2.49 bits per heavy atom. The van der Waals surface area contributed by atoms with Gasteiger partial charge in [0.1, 0.15) is 11.9 Å². The predicted octanol–water partition coefficient (Wildman–Crippen LogP) is 6.36. The van der Waals surface area contributed by atoms with Crippen molar-refractivity contribution in [1.82, 2.24) is 25.5 Å². The number of hydrogen-bond acceptors (Lipinski definition) is 6. The highest BCUT2D eigenvalue weighted by molar-refractivity contribution is 6.02. The van der Waals surface area contributed by atoms with Crippen molar-refractivity contribution >= 4 is 45.1 Å². The van der Waals surface area contributed by atoms with Crippen LogP contribution in [0.2, 0.25) is 0 Å². The molecule has 3 aromatic carbocycles. The molecule has 3 aliphatic rings. The first-order valence-electron chi connectivity index (χ1n) is 16.1. The highest BCUT2D eigenvalue weighted by Crippen LogP contribution is 2.35. The fourth-order valence-corrected chi connectivity index (χ4v) is 6.99. The fraction of sp³-hybridized carbons (Fsp3) is 0.389. The minimum Gasteiger partial charge on any atom is -0.453 e. The number of alkyl carbamates (subject to hydrolysis) is 1. The quantitative estimate of drug-likeness (QED) is 0.227. The van der Waals surface area contributed by atoms with Gasteiger partial charge in [-0.25, -0.2) is 9.78 Å². The number of carbonyl (C=O) groups excluding carboxylic acids is 2. The number of rotatable bonds is 7. The van der Waals surface area contributed by atoms with Crippen molar-refractivity contribution in [3.8, 4) is 11.1 Å². The molecule has 0 saturated carbocycles. The van der Waals surface area contributed by atoms with Crippen molar-refractivity contribution in [1.29, 1.82) is 0 Å². The van der Waals surface area contributed by atoms with Gasteiger partial charge in [0, 0.05) is 30.9 Å². The number of hydrogen-bond donors (Lipinski definition) is 3. The topological polar surface area (TPSA) is 112 Å². The maximum atomic E-state index is 13.6. The molecule has 2 saturated heterocycles. The molecule has 0 spiro atoms. The number of ether oxygens (including phenoxy) is 1. The lowest BCUT2D eigenvalue weighted by Gasteiger charge is -2.29. The number of benzene rings is 3. The van der Waals surface area contributed by atoms with E-state index in [0.29, 0.717) is 12.6 Å². The Morgan fingerprint density at radius 1 is 0.978 bits per heavy atom. The molecule has 1 aromatic heterocycles. The smallest absolute Gasteiger partial charge is 0.407 e. The largest absolute Gasteiger partial charge is 0.453 e. The van der Waals surface area contributed by atoms with E-state index in [1.807, 2.05) is 31.0 Å². The molecule has 45 heavy (non-hydrogen) atoms. The molecule has 9 heteroatoms. The minimum atomic E-state index is -0.659. The second kappa shape index (κ2) is 12.1. The molecule has 0 bridgehead atoms. The van der Waals surface area contributed by atoms with E-state index < -0.39 is 12.1 Å². The van der Waals surface area contributed by atoms with Crippen molar-refractivity contribution in [2.24, 2.45) is 10.9 Å². The zero-order chi connectivity index (χ0) is 31.1. The molecule has 0 unspecified atom stereocenters. The summed E-state index contributed by atoms with van der Waals surface area (Å²) in [5.74, 6) is 0.587. The maximum Gasteiger partial charge on any atom is 0.407 e. The number of nitrogens with zero attached hydrogens (tertiary/aromatic N) is 3. The Bertz CT molecular complexity index is 1830. The van der Waals surface area contributed by atoms with Crippen molar-refractivity contribution in [2.75, 3.05) is 20.2 Å². The summed E-state index contributed by atoms with van der Waals surface area (Å²) in [6.07, 6.45) is 6.46. The third kappa shape index (κ3) is 5.73. The number of fused-ring (bicyclic) bond motifs is 2. The number of H-pyrrole nitrogens is 1. The van der Waals surface area contributed by atoms with Crippen LogP contribution in [0.3, 0.4) is 0 Å². The van der Waals surface area contributed by atoms with E-state index in [9.17, 15) is 9.59 Å². The van der Waals surface area contributed by atoms with E-state index in [1.54, 1.807) is 0 Å². The average Bonchev–Trinajstić information content (AvgIpc) is 3.88. The van der Waals surface area contributed by atoms with Crippen molar-refractivity contribution in [3.05, 3.63) is 72.2 Å². The van der Waals surface area contributed by atoms with Gasteiger partial charge in [0.2, 0.25) is 5.91 Å². The standard InChI is InChI=1S/C36H40N6O3/c1-21(2)33(41-36(44)45-3)35(43)42-15-5-7-32(42)34-39-29-13-12-26(18-31(29)40-34)24-9-8-23-17-25(11-10-22(23)16-24)27-19-30(38-20-27)28-6-4-14-37-28/h8-13,16-18,20-21,28,32-33,37H,4-7,14-15,19H2,1-3H3,(H,39,40)(H,41,44)/t28-,32-,33-/m0/s1. The fourth-order valence-electron chi connectivity index (χ4n) is 6.99. The first kappa shape index (κ1) is 29.2. The summed E-state index contributed by atoms with van der Waals surface area (Å²) in [5, 5.41) is 8.69.